The van der Waals surface area contributed by atoms with Gasteiger partial charge in [0.25, 0.3) is 0 Å². The maximum absolute atomic E-state index is 13.4. The van der Waals surface area contributed by atoms with E-state index in [0.717, 1.165) is 5.56 Å². The predicted molar refractivity (Wildman–Crippen MR) is 127 cm³/mol. The molecule has 0 aliphatic heterocycles. The van der Waals surface area contributed by atoms with Crippen molar-refractivity contribution in [3.05, 3.63) is 82.3 Å². The molecule has 1 atom stereocenters. The molecule has 0 fully saturated rings. The lowest BCUT2D eigenvalue weighted by atomic mass is 9.93. The third kappa shape index (κ3) is 6.12. The topological polar surface area (TPSA) is 152 Å². The number of phosphoric ester groups is 1. The predicted octanol–water partition coefficient (Wildman–Crippen LogP) is 3.61. The van der Waals surface area contributed by atoms with Gasteiger partial charge in [-0.3, -0.25) is 9.32 Å². The Labute approximate surface area is 198 Å². The van der Waals surface area contributed by atoms with Crippen LogP contribution in [0.25, 0.3) is 21.9 Å². The lowest BCUT2D eigenvalue weighted by molar-refractivity contribution is 0.102. The SMILES string of the molecule is NC(CO)(CCc1ccc2c(=O)c3cc(Oc4cccc(F)c4)ccc3oc2c1)COP(=O)(O)O. The van der Waals surface area contributed by atoms with E-state index in [-0.39, 0.29) is 11.8 Å². The number of phosphoric acid groups is 1. The van der Waals surface area contributed by atoms with Gasteiger partial charge in [0.15, 0.2) is 0 Å². The molecule has 0 saturated carbocycles. The first-order valence-corrected chi connectivity index (χ1v) is 12.1. The molecule has 1 heterocycles. The number of hydrogen-bond donors (Lipinski definition) is 4. The third-order valence-corrected chi connectivity index (χ3v) is 5.95. The van der Waals surface area contributed by atoms with Crippen LogP contribution in [0.2, 0.25) is 0 Å². The summed E-state index contributed by atoms with van der Waals surface area (Å²) in [5, 5.41) is 10.2. The van der Waals surface area contributed by atoms with Gasteiger partial charge in [-0.05, 0) is 60.9 Å². The normalized spacial score (nSPS) is 13.7. The van der Waals surface area contributed by atoms with Crippen molar-refractivity contribution in [2.24, 2.45) is 5.73 Å². The van der Waals surface area contributed by atoms with Gasteiger partial charge in [-0.2, -0.15) is 0 Å². The van der Waals surface area contributed by atoms with Gasteiger partial charge in [-0.1, -0.05) is 12.1 Å². The number of benzene rings is 3. The Hall–Kier alpha value is -3.11. The molecule has 0 saturated heterocycles. The average Bonchev–Trinajstić information content (AvgIpc) is 2.81. The van der Waals surface area contributed by atoms with E-state index in [0.29, 0.717) is 39.9 Å². The Balaban J connectivity index is 1.58. The zero-order valence-electron chi connectivity index (χ0n) is 18.4. The molecule has 9 nitrogen and oxygen atoms in total. The van der Waals surface area contributed by atoms with E-state index in [9.17, 15) is 18.9 Å². The Bertz CT molecular complexity index is 1480. The van der Waals surface area contributed by atoms with Crippen molar-refractivity contribution in [1.82, 2.24) is 0 Å². The fraction of sp³-hybridized carbons (Fsp3) is 0.208. The molecular formula is C24H23FNO8P. The summed E-state index contributed by atoms with van der Waals surface area (Å²) in [6.07, 6.45) is 0.493. The van der Waals surface area contributed by atoms with Crippen LogP contribution in [0.15, 0.2) is 69.9 Å². The highest BCUT2D eigenvalue weighted by molar-refractivity contribution is 7.46. The molecule has 1 aromatic heterocycles. The van der Waals surface area contributed by atoms with Gasteiger partial charge in [0, 0.05) is 6.07 Å². The number of aliphatic hydroxyl groups excluding tert-OH is 1. The average molecular weight is 503 g/mol. The summed E-state index contributed by atoms with van der Waals surface area (Å²) in [7, 11) is -4.72. The van der Waals surface area contributed by atoms with Crippen LogP contribution in [0.3, 0.4) is 0 Å². The van der Waals surface area contributed by atoms with E-state index < -0.39 is 32.4 Å². The second-order valence-corrected chi connectivity index (χ2v) is 9.50. The lowest BCUT2D eigenvalue weighted by Crippen LogP contribution is -2.48. The highest BCUT2D eigenvalue weighted by Crippen LogP contribution is 2.37. The van der Waals surface area contributed by atoms with Gasteiger partial charge in [0.2, 0.25) is 5.43 Å². The summed E-state index contributed by atoms with van der Waals surface area (Å²) in [4.78, 5) is 30.8. The third-order valence-electron chi connectivity index (χ3n) is 5.48. The molecule has 5 N–H and O–H groups in total. The molecule has 0 amide bonds. The molecule has 35 heavy (non-hydrogen) atoms. The molecule has 0 aliphatic rings. The molecule has 0 radical (unpaired) electrons. The summed E-state index contributed by atoms with van der Waals surface area (Å²) in [6.45, 7) is -1.07. The Morgan fingerprint density at radius 3 is 2.49 bits per heavy atom. The van der Waals surface area contributed by atoms with E-state index >= 15 is 0 Å². The second-order valence-electron chi connectivity index (χ2n) is 8.26. The van der Waals surface area contributed by atoms with Crippen molar-refractivity contribution in [3.8, 4) is 11.5 Å². The lowest BCUT2D eigenvalue weighted by Gasteiger charge is -2.27. The van der Waals surface area contributed by atoms with Gasteiger partial charge in [-0.25, -0.2) is 8.96 Å². The van der Waals surface area contributed by atoms with Crippen LogP contribution < -0.4 is 15.9 Å². The van der Waals surface area contributed by atoms with Crippen LogP contribution in [-0.4, -0.2) is 33.6 Å². The first kappa shape index (κ1) is 25.0. The van der Waals surface area contributed by atoms with Crippen molar-refractivity contribution in [2.45, 2.75) is 18.4 Å². The van der Waals surface area contributed by atoms with Crippen molar-refractivity contribution in [1.29, 1.82) is 0 Å². The molecule has 184 valence electrons. The number of hydrogen-bond acceptors (Lipinski definition) is 7. The van der Waals surface area contributed by atoms with E-state index in [1.807, 2.05) is 0 Å². The highest BCUT2D eigenvalue weighted by atomic mass is 31.2. The van der Waals surface area contributed by atoms with Gasteiger partial charge >= 0.3 is 7.82 Å². The summed E-state index contributed by atoms with van der Waals surface area (Å²) in [5.74, 6) is 0.209. The standard InChI is InChI=1S/C24H23FNO8P/c25-16-2-1-3-17(11-16)33-18-5-7-21-20(12-18)23(28)19-6-4-15(10-22(19)34-21)8-9-24(26,13-27)14-32-35(29,30)31/h1-7,10-12,27H,8-9,13-14,26H2,(H2,29,30,31). The fourth-order valence-electron chi connectivity index (χ4n) is 3.57. The van der Waals surface area contributed by atoms with Crippen LogP contribution >= 0.6 is 7.82 Å². The Morgan fingerprint density at radius 1 is 1.00 bits per heavy atom. The number of nitrogens with two attached hydrogens (primary N) is 1. The van der Waals surface area contributed by atoms with Crippen LogP contribution in [0, 0.1) is 5.82 Å². The minimum atomic E-state index is -4.72. The second kappa shape index (κ2) is 9.87. The number of halogens is 1. The molecule has 4 rings (SSSR count). The molecule has 0 aliphatic carbocycles. The van der Waals surface area contributed by atoms with Crippen molar-refractivity contribution in [3.63, 3.8) is 0 Å². The summed E-state index contributed by atoms with van der Waals surface area (Å²) in [6, 6.07) is 15.4. The van der Waals surface area contributed by atoms with Crippen LogP contribution in [0.1, 0.15) is 12.0 Å². The minimum absolute atomic E-state index is 0.160. The van der Waals surface area contributed by atoms with Gasteiger partial charge in [0.05, 0.1) is 29.5 Å². The van der Waals surface area contributed by atoms with Gasteiger partial charge in [-0.15, -0.1) is 0 Å². The van der Waals surface area contributed by atoms with Crippen LogP contribution in [0.4, 0.5) is 4.39 Å². The Morgan fingerprint density at radius 2 is 1.77 bits per heavy atom. The molecule has 0 bridgehead atoms. The molecular weight excluding hydrogens is 480 g/mol. The number of rotatable bonds is 9. The molecule has 11 heteroatoms. The minimum Gasteiger partial charge on any atom is -0.457 e. The number of aryl methyl sites for hydroxylation is 1. The summed E-state index contributed by atoms with van der Waals surface area (Å²) in [5.41, 5.74) is 5.81. The van der Waals surface area contributed by atoms with Gasteiger partial charge < -0.3 is 29.8 Å². The van der Waals surface area contributed by atoms with E-state index in [1.54, 1.807) is 36.4 Å². The summed E-state index contributed by atoms with van der Waals surface area (Å²) >= 11 is 0. The highest BCUT2D eigenvalue weighted by Gasteiger charge is 2.28. The monoisotopic (exact) mass is 503 g/mol. The summed E-state index contributed by atoms with van der Waals surface area (Å²) < 4.78 is 40.4. The maximum atomic E-state index is 13.4. The first-order chi connectivity index (χ1) is 16.5. The number of aliphatic hydroxyl groups is 1. The quantitative estimate of drug-likeness (QED) is 0.198. The molecule has 3 aromatic carbocycles. The maximum Gasteiger partial charge on any atom is 0.469 e. The molecule has 1 unspecified atom stereocenters. The Kier molecular flexibility index (Phi) is 7.05. The van der Waals surface area contributed by atoms with Crippen molar-refractivity contribution in [2.75, 3.05) is 13.2 Å². The van der Waals surface area contributed by atoms with Crippen molar-refractivity contribution < 1.29 is 37.5 Å². The first-order valence-electron chi connectivity index (χ1n) is 10.6. The van der Waals surface area contributed by atoms with Gasteiger partial charge in [0.1, 0.15) is 28.5 Å². The largest absolute Gasteiger partial charge is 0.469 e. The smallest absolute Gasteiger partial charge is 0.457 e. The van der Waals surface area contributed by atoms with E-state index in [2.05, 4.69) is 4.52 Å². The fourth-order valence-corrected chi connectivity index (χ4v) is 3.99. The number of fused-ring (bicyclic) bond motifs is 2. The van der Waals surface area contributed by atoms with E-state index in [4.69, 9.17) is 24.7 Å². The van der Waals surface area contributed by atoms with Crippen molar-refractivity contribution >= 4 is 29.8 Å². The molecule has 4 aromatic rings. The van der Waals surface area contributed by atoms with Crippen LogP contribution in [-0.2, 0) is 15.5 Å². The number of ether oxygens (including phenoxy) is 1. The zero-order valence-corrected chi connectivity index (χ0v) is 19.3. The zero-order chi connectivity index (χ0) is 25.2. The van der Waals surface area contributed by atoms with E-state index in [1.165, 1.54) is 24.3 Å². The molecule has 0 spiro atoms. The van der Waals surface area contributed by atoms with Crippen LogP contribution in [0.5, 0.6) is 11.5 Å².